The Bertz CT molecular complexity index is 644. The maximum Gasteiger partial charge on any atom is 0.305 e. The van der Waals surface area contributed by atoms with Crippen LogP contribution in [0.1, 0.15) is 17.2 Å². The van der Waals surface area contributed by atoms with Crippen LogP contribution in [0.3, 0.4) is 0 Å². The lowest BCUT2D eigenvalue weighted by Gasteiger charge is -2.27. The van der Waals surface area contributed by atoms with Gasteiger partial charge in [-0.1, -0.05) is 24.3 Å². The minimum absolute atomic E-state index is 0.110. The van der Waals surface area contributed by atoms with E-state index in [0.29, 0.717) is 12.5 Å². The van der Waals surface area contributed by atoms with Crippen molar-refractivity contribution in [3.63, 3.8) is 0 Å². The summed E-state index contributed by atoms with van der Waals surface area (Å²) in [6.45, 7) is 1.57. The van der Waals surface area contributed by atoms with E-state index in [9.17, 15) is 10.1 Å². The van der Waals surface area contributed by atoms with Crippen molar-refractivity contribution in [2.45, 2.75) is 12.5 Å². The number of aromatic nitrogens is 2. The molecule has 0 spiro atoms. The van der Waals surface area contributed by atoms with Gasteiger partial charge >= 0.3 is 5.69 Å². The van der Waals surface area contributed by atoms with E-state index in [1.807, 2.05) is 12.1 Å². The quantitative estimate of drug-likeness (QED) is 0.656. The van der Waals surface area contributed by atoms with Crippen LogP contribution in [0.4, 0.5) is 11.6 Å². The number of anilines is 1. The van der Waals surface area contributed by atoms with Crippen LogP contribution in [0, 0.1) is 10.1 Å². The molecule has 0 amide bonds. The zero-order valence-corrected chi connectivity index (χ0v) is 11.3. The molecular weight excluding hydrogens is 270 g/mol. The van der Waals surface area contributed by atoms with Gasteiger partial charge in [-0.15, -0.1) is 0 Å². The van der Waals surface area contributed by atoms with Crippen LogP contribution >= 0.6 is 0 Å². The summed E-state index contributed by atoms with van der Waals surface area (Å²) < 4.78 is 0. The predicted octanol–water partition coefficient (Wildman–Crippen LogP) is 1.68. The van der Waals surface area contributed by atoms with Gasteiger partial charge in [0.1, 0.15) is 12.4 Å². The summed E-state index contributed by atoms with van der Waals surface area (Å²) in [4.78, 5) is 17.9. The van der Waals surface area contributed by atoms with Crippen molar-refractivity contribution in [2.75, 3.05) is 18.4 Å². The van der Waals surface area contributed by atoms with E-state index in [4.69, 9.17) is 0 Å². The van der Waals surface area contributed by atoms with Gasteiger partial charge in [-0.05, 0) is 24.1 Å². The lowest BCUT2D eigenvalue weighted by molar-refractivity contribution is -0.385. The molecule has 0 saturated heterocycles. The Morgan fingerprint density at radius 1 is 1.33 bits per heavy atom. The molecule has 0 saturated carbocycles. The number of benzene rings is 1. The minimum Gasteiger partial charge on any atom is -0.352 e. The van der Waals surface area contributed by atoms with Crippen molar-refractivity contribution in [3.8, 4) is 0 Å². The van der Waals surface area contributed by atoms with Crippen LogP contribution in [0.15, 0.2) is 36.7 Å². The molecule has 1 aromatic carbocycles. The van der Waals surface area contributed by atoms with Gasteiger partial charge < -0.3 is 10.6 Å². The molecule has 0 bridgehead atoms. The Morgan fingerprint density at radius 3 is 2.86 bits per heavy atom. The fraction of sp³-hybridized carbons (Fsp3) is 0.286. The van der Waals surface area contributed by atoms with Crippen molar-refractivity contribution in [1.29, 1.82) is 0 Å². The van der Waals surface area contributed by atoms with E-state index < -0.39 is 4.92 Å². The first-order valence-corrected chi connectivity index (χ1v) is 6.75. The van der Waals surface area contributed by atoms with Crippen LogP contribution in [-0.2, 0) is 6.42 Å². The monoisotopic (exact) mass is 285 g/mol. The number of nitrogens with one attached hydrogen (secondary N) is 2. The van der Waals surface area contributed by atoms with E-state index in [-0.39, 0.29) is 11.7 Å². The Morgan fingerprint density at radius 2 is 2.10 bits per heavy atom. The van der Waals surface area contributed by atoms with Crippen LogP contribution < -0.4 is 10.6 Å². The average molecular weight is 285 g/mol. The lowest BCUT2D eigenvalue weighted by atomic mass is 9.94. The van der Waals surface area contributed by atoms with E-state index >= 15 is 0 Å². The van der Waals surface area contributed by atoms with Crippen molar-refractivity contribution in [3.05, 3.63) is 57.9 Å². The van der Waals surface area contributed by atoms with Crippen LogP contribution in [-0.4, -0.2) is 28.0 Å². The molecule has 0 aliphatic carbocycles. The van der Waals surface area contributed by atoms with Crippen molar-refractivity contribution in [2.24, 2.45) is 0 Å². The fourth-order valence-corrected chi connectivity index (χ4v) is 2.48. The van der Waals surface area contributed by atoms with Gasteiger partial charge in [-0.25, -0.2) is 9.97 Å². The van der Waals surface area contributed by atoms with Crippen LogP contribution in [0.2, 0.25) is 0 Å². The second-order valence-corrected chi connectivity index (χ2v) is 4.86. The highest BCUT2D eigenvalue weighted by Gasteiger charge is 2.19. The smallest absolute Gasteiger partial charge is 0.305 e. The van der Waals surface area contributed by atoms with Crippen LogP contribution in [0.25, 0.3) is 0 Å². The third-order valence-corrected chi connectivity index (χ3v) is 3.53. The highest BCUT2D eigenvalue weighted by Crippen LogP contribution is 2.22. The van der Waals surface area contributed by atoms with Crippen molar-refractivity contribution >= 4 is 11.6 Å². The maximum absolute atomic E-state index is 10.5. The standard InChI is InChI=1S/C14H15N5O2/c20-19(21)11-7-16-14(17-8-11)18-9-13-12-4-2-1-3-10(12)5-6-15-13/h1-4,7-8,13,15H,5-6,9H2,(H,16,17,18). The maximum atomic E-state index is 10.5. The number of rotatable bonds is 4. The zero-order chi connectivity index (χ0) is 14.7. The third-order valence-electron chi connectivity index (χ3n) is 3.53. The molecule has 1 atom stereocenters. The van der Waals surface area contributed by atoms with Gasteiger partial charge in [0.15, 0.2) is 0 Å². The van der Waals surface area contributed by atoms with Gasteiger partial charge in [0.25, 0.3) is 0 Å². The Labute approximate surface area is 121 Å². The van der Waals surface area contributed by atoms with Gasteiger partial charge in [0.2, 0.25) is 5.95 Å². The molecule has 2 heterocycles. The summed E-state index contributed by atoms with van der Waals surface area (Å²) in [5, 5.41) is 17.1. The first-order chi connectivity index (χ1) is 10.2. The molecular formula is C14H15N5O2. The minimum atomic E-state index is -0.511. The second-order valence-electron chi connectivity index (χ2n) is 4.86. The van der Waals surface area contributed by atoms with Crippen LogP contribution in [0.5, 0.6) is 0 Å². The number of fused-ring (bicyclic) bond motifs is 1. The lowest BCUT2D eigenvalue weighted by Crippen LogP contribution is -2.34. The summed E-state index contributed by atoms with van der Waals surface area (Å²) in [6.07, 6.45) is 3.44. The van der Waals surface area contributed by atoms with Gasteiger partial charge in [-0.3, -0.25) is 10.1 Å². The Kier molecular flexibility index (Phi) is 3.74. The summed E-state index contributed by atoms with van der Waals surface area (Å²) in [7, 11) is 0. The summed E-state index contributed by atoms with van der Waals surface area (Å²) in [6, 6.07) is 8.53. The second kappa shape index (κ2) is 5.84. The molecule has 1 aliphatic heterocycles. The summed E-state index contributed by atoms with van der Waals surface area (Å²) >= 11 is 0. The highest BCUT2D eigenvalue weighted by atomic mass is 16.6. The molecule has 0 radical (unpaired) electrons. The number of hydrogen-bond donors (Lipinski definition) is 2. The molecule has 2 N–H and O–H groups in total. The molecule has 21 heavy (non-hydrogen) atoms. The van der Waals surface area contributed by atoms with Crippen molar-refractivity contribution in [1.82, 2.24) is 15.3 Å². The fourth-order valence-electron chi connectivity index (χ4n) is 2.48. The Balaban J connectivity index is 1.67. The van der Waals surface area contributed by atoms with Gasteiger partial charge in [0.05, 0.1) is 4.92 Å². The summed E-state index contributed by atoms with van der Waals surface area (Å²) in [5.74, 6) is 0.394. The molecule has 7 nitrogen and oxygen atoms in total. The average Bonchev–Trinajstić information content (AvgIpc) is 2.53. The molecule has 1 aromatic heterocycles. The van der Waals surface area contributed by atoms with Crippen molar-refractivity contribution < 1.29 is 4.92 Å². The number of hydrogen-bond acceptors (Lipinski definition) is 6. The molecule has 2 aromatic rings. The normalized spacial score (nSPS) is 17.0. The van der Waals surface area contributed by atoms with Gasteiger partial charge in [-0.2, -0.15) is 0 Å². The first-order valence-electron chi connectivity index (χ1n) is 6.75. The van der Waals surface area contributed by atoms with E-state index in [0.717, 1.165) is 13.0 Å². The molecule has 1 aliphatic rings. The molecule has 7 heteroatoms. The molecule has 3 rings (SSSR count). The third kappa shape index (κ3) is 2.97. The molecule has 1 unspecified atom stereocenters. The summed E-state index contributed by atoms with van der Waals surface area (Å²) in [5.41, 5.74) is 2.52. The predicted molar refractivity (Wildman–Crippen MR) is 78.1 cm³/mol. The molecule has 108 valence electrons. The number of nitro groups is 1. The van der Waals surface area contributed by atoms with E-state index in [1.54, 1.807) is 0 Å². The zero-order valence-electron chi connectivity index (χ0n) is 11.3. The SMILES string of the molecule is O=[N+]([O-])c1cnc(NCC2NCCc3ccccc32)nc1. The topological polar surface area (TPSA) is 93.0 Å². The largest absolute Gasteiger partial charge is 0.352 e. The Hall–Kier alpha value is -2.54. The van der Waals surface area contributed by atoms with Gasteiger partial charge in [0, 0.05) is 12.6 Å². The van der Waals surface area contributed by atoms with E-state index in [2.05, 4.69) is 32.7 Å². The first kappa shape index (κ1) is 13.4. The molecule has 0 fully saturated rings. The number of nitrogens with zero attached hydrogens (tertiary/aromatic N) is 3. The van der Waals surface area contributed by atoms with E-state index in [1.165, 1.54) is 23.5 Å². The highest BCUT2D eigenvalue weighted by molar-refractivity contribution is 5.35.